The van der Waals surface area contributed by atoms with E-state index in [9.17, 15) is 0 Å². The summed E-state index contributed by atoms with van der Waals surface area (Å²) in [5, 5.41) is 1.13. The Morgan fingerprint density at radius 3 is 2.33 bits per heavy atom. The van der Waals surface area contributed by atoms with Gasteiger partial charge in [0.2, 0.25) is 5.78 Å². The molecule has 0 saturated heterocycles. The van der Waals surface area contributed by atoms with E-state index in [2.05, 4.69) is 28.3 Å². The maximum absolute atomic E-state index is 4.57. The molecule has 0 aliphatic heterocycles. The maximum atomic E-state index is 4.57. The quantitative estimate of drug-likeness (QED) is 0.482. The molecule has 0 aliphatic carbocycles. The zero-order valence-corrected chi connectivity index (χ0v) is 10.3. The van der Waals surface area contributed by atoms with Gasteiger partial charge in [-0.1, -0.05) is 30.3 Å². The van der Waals surface area contributed by atoms with Gasteiger partial charge in [-0.25, -0.2) is 9.97 Å². The van der Waals surface area contributed by atoms with Crippen molar-refractivity contribution in [1.29, 1.82) is 0 Å². The highest BCUT2D eigenvalue weighted by Gasteiger charge is 2.05. The summed E-state index contributed by atoms with van der Waals surface area (Å²) < 4.78 is 2.04. The Labute approximate surface area is 110 Å². The zero-order chi connectivity index (χ0) is 11.2. The van der Waals surface area contributed by atoms with E-state index in [1.807, 2.05) is 40.8 Å². The van der Waals surface area contributed by atoms with Crippen LogP contribution in [0.4, 0.5) is 0 Å². The van der Waals surface area contributed by atoms with Crippen molar-refractivity contribution in [2.45, 2.75) is 0 Å². The molecular weight excluding hydrogens is 246 g/mol. The molecule has 2 aromatic carbocycles. The fraction of sp³-hybridized carbons (Fsp3) is 0. The van der Waals surface area contributed by atoms with Crippen molar-refractivity contribution >= 4 is 40.1 Å². The highest BCUT2D eigenvalue weighted by atomic mass is 35.5. The van der Waals surface area contributed by atoms with Crippen LogP contribution in [0.5, 0.6) is 0 Å². The maximum Gasteiger partial charge on any atom is 0.235 e. The SMILES string of the molecule is Cl.c1ccc2nc3nc4ccccc4n3cc2c1. The Morgan fingerprint density at radius 1 is 0.778 bits per heavy atom. The molecule has 4 rings (SSSR count). The van der Waals surface area contributed by atoms with E-state index < -0.39 is 0 Å². The fourth-order valence-electron chi connectivity index (χ4n) is 2.18. The topological polar surface area (TPSA) is 30.2 Å². The Balaban J connectivity index is 0.000001000. The van der Waals surface area contributed by atoms with Crippen LogP contribution < -0.4 is 0 Å². The van der Waals surface area contributed by atoms with Crippen molar-refractivity contribution in [3.05, 3.63) is 54.7 Å². The third kappa shape index (κ3) is 1.45. The second-order valence-electron chi connectivity index (χ2n) is 4.07. The van der Waals surface area contributed by atoms with Gasteiger partial charge in [-0.3, -0.25) is 4.40 Å². The lowest BCUT2D eigenvalue weighted by atomic mass is 10.2. The first-order valence-corrected chi connectivity index (χ1v) is 5.54. The molecule has 18 heavy (non-hydrogen) atoms. The van der Waals surface area contributed by atoms with Crippen molar-refractivity contribution in [3.63, 3.8) is 0 Å². The van der Waals surface area contributed by atoms with E-state index in [1.165, 1.54) is 0 Å². The normalized spacial score (nSPS) is 10.9. The largest absolute Gasteiger partial charge is 0.283 e. The van der Waals surface area contributed by atoms with Crippen molar-refractivity contribution in [1.82, 2.24) is 14.4 Å². The average Bonchev–Trinajstić information content (AvgIpc) is 2.73. The Morgan fingerprint density at radius 2 is 1.44 bits per heavy atom. The highest BCUT2D eigenvalue weighted by molar-refractivity contribution is 5.85. The zero-order valence-electron chi connectivity index (χ0n) is 9.45. The lowest BCUT2D eigenvalue weighted by molar-refractivity contribution is 1.17. The van der Waals surface area contributed by atoms with E-state index in [0.29, 0.717) is 0 Å². The van der Waals surface area contributed by atoms with Crippen LogP contribution in [0, 0.1) is 0 Å². The van der Waals surface area contributed by atoms with Crippen LogP contribution >= 0.6 is 12.4 Å². The van der Waals surface area contributed by atoms with Gasteiger partial charge in [-0.05, 0) is 18.2 Å². The van der Waals surface area contributed by atoms with Gasteiger partial charge < -0.3 is 0 Å². The van der Waals surface area contributed by atoms with Crippen LogP contribution in [0.1, 0.15) is 0 Å². The van der Waals surface area contributed by atoms with Gasteiger partial charge in [0.1, 0.15) is 0 Å². The molecule has 3 nitrogen and oxygen atoms in total. The number of hydrogen-bond donors (Lipinski definition) is 0. The molecule has 0 fully saturated rings. The number of imidazole rings is 1. The molecule has 0 atom stereocenters. The fourth-order valence-corrected chi connectivity index (χ4v) is 2.18. The number of benzene rings is 2. The van der Waals surface area contributed by atoms with E-state index in [1.54, 1.807) is 0 Å². The van der Waals surface area contributed by atoms with Crippen LogP contribution in [-0.2, 0) is 0 Å². The van der Waals surface area contributed by atoms with Gasteiger partial charge in [-0.2, -0.15) is 0 Å². The Hall–Kier alpha value is -2.13. The molecule has 0 N–H and O–H groups in total. The van der Waals surface area contributed by atoms with Crippen LogP contribution in [0.3, 0.4) is 0 Å². The minimum atomic E-state index is 0. The molecule has 2 heterocycles. The summed E-state index contributed by atoms with van der Waals surface area (Å²) in [6.07, 6.45) is 2.09. The number of aromatic nitrogens is 3. The summed E-state index contributed by atoms with van der Waals surface area (Å²) in [6.45, 7) is 0. The summed E-state index contributed by atoms with van der Waals surface area (Å²) >= 11 is 0. The van der Waals surface area contributed by atoms with Gasteiger partial charge in [0.25, 0.3) is 0 Å². The average molecular weight is 256 g/mol. The minimum absolute atomic E-state index is 0. The van der Waals surface area contributed by atoms with Crippen LogP contribution in [-0.4, -0.2) is 14.4 Å². The van der Waals surface area contributed by atoms with Crippen molar-refractivity contribution in [3.8, 4) is 0 Å². The predicted molar refractivity (Wildman–Crippen MR) is 75.2 cm³/mol. The standard InChI is InChI=1S/C14H9N3.ClH/c1-2-6-11-10(5-1)9-17-13-8-4-3-7-12(13)16-14(17)15-11;/h1-9H;1H. The molecule has 0 radical (unpaired) electrons. The Kier molecular flexibility index (Phi) is 2.42. The van der Waals surface area contributed by atoms with Gasteiger partial charge >= 0.3 is 0 Å². The molecule has 4 aromatic rings. The van der Waals surface area contributed by atoms with Crippen molar-refractivity contribution < 1.29 is 0 Å². The smallest absolute Gasteiger partial charge is 0.235 e. The van der Waals surface area contributed by atoms with E-state index in [0.717, 1.165) is 27.7 Å². The summed E-state index contributed by atoms with van der Waals surface area (Å²) in [4.78, 5) is 9.08. The van der Waals surface area contributed by atoms with Gasteiger partial charge in [0.15, 0.2) is 0 Å². The second kappa shape index (κ2) is 3.96. The predicted octanol–water partition coefficient (Wildman–Crippen LogP) is 3.46. The molecule has 2 aromatic heterocycles. The molecule has 4 heteroatoms. The number of rotatable bonds is 0. The van der Waals surface area contributed by atoms with Crippen LogP contribution in [0.15, 0.2) is 54.7 Å². The lowest BCUT2D eigenvalue weighted by Crippen LogP contribution is -1.89. The van der Waals surface area contributed by atoms with E-state index in [4.69, 9.17) is 0 Å². The van der Waals surface area contributed by atoms with Crippen LogP contribution in [0.25, 0.3) is 27.7 Å². The number of nitrogens with zero attached hydrogens (tertiary/aromatic N) is 3. The number of para-hydroxylation sites is 3. The number of fused-ring (bicyclic) bond motifs is 4. The van der Waals surface area contributed by atoms with Gasteiger partial charge in [0, 0.05) is 11.6 Å². The second-order valence-corrected chi connectivity index (χ2v) is 4.07. The summed E-state index contributed by atoms with van der Waals surface area (Å²) in [7, 11) is 0. The first kappa shape index (κ1) is 11.0. The summed E-state index contributed by atoms with van der Waals surface area (Å²) in [5.41, 5.74) is 3.06. The first-order valence-electron chi connectivity index (χ1n) is 5.54. The van der Waals surface area contributed by atoms with Gasteiger partial charge in [0.05, 0.1) is 16.6 Å². The summed E-state index contributed by atoms with van der Waals surface area (Å²) in [5.74, 6) is 0.755. The molecule has 0 spiro atoms. The molecule has 0 saturated carbocycles. The molecule has 0 bridgehead atoms. The number of hydrogen-bond acceptors (Lipinski definition) is 2. The first-order chi connectivity index (χ1) is 8.42. The van der Waals surface area contributed by atoms with Crippen molar-refractivity contribution in [2.75, 3.05) is 0 Å². The summed E-state index contributed by atoms with van der Waals surface area (Å²) in [6, 6.07) is 16.2. The van der Waals surface area contributed by atoms with Crippen LogP contribution in [0.2, 0.25) is 0 Å². The minimum Gasteiger partial charge on any atom is -0.283 e. The molecule has 0 unspecified atom stereocenters. The van der Waals surface area contributed by atoms with Crippen molar-refractivity contribution in [2.24, 2.45) is 0 Å². The molecule has 0 aliphatic rings. The highest BCUT2D eigenvalue weighted by Crippen LogP contribution is 2.18. The third-order valence-corrected chi connectivity index (χ3v) is 3.00. The monoisotopic (exact) mass is 255 g/mol. The lowest BCUT2D eigenvalue weighted by Gasteiger charge is -1.98. The third-order valence-electron chi connectivity index (χ3n) is 3.00. The Bertz CT molecular complexity index is 845. The van der Waals surface area contributed by atoms with Gasteiger partial charge in [-0.15, -0.1) is 12.4 Å². The van der Waals surface area contributed by atoms with E-state index in [-0.39, 0.29) is 12.4 Å². The molecule has 0 amide bonds. The molecule has 88 valence electrons. The van der Waals surface area contributed by atoms with E-state index >= 15 is 0 Å². The number of halogens is 1. The molecular formula is C14H10ClN3.